The molecule has 1 saturated carbocycles. The summed E-state index contributed by atoms with van der Waals surface area (Å²) in [6.45, 7) is 0. The smallest absolute Gasteiger partial charge is 0.341 e. The maximum Gasteiger partial charge on any atom is 0.341 e. The van der Waals surface area contributed by atoms with Crippen molar-refractivity contribution in [2.45, 2.75) is 18.9 Å². The summed E-state index contributed by atoms with van der Waals surface area (Å²) in [7, 11) is 0. The van der Waals surface area contributed by atoms with E-state index < -0.39 is 46.3 Å². The first-order chi connectivity index (χ1) is 12.6. The number of hydrogen-bond donors (Lipinski definition) is 2. The molecule has 0 atom stereocenters. The molecule has 2 N–H and O–H groups in total. The molecule has 0 aliphatic heterocycles. The molecule has 144 valence electrons. The number of carboxylic acid groups (broad SMARTS) is 1. The lowest BCUT2D eigenvalue weighted by Crippen LogP contribution is -2.27. The molecule has 2 aromatic rings. The van der Waals surface area contributed by atoms with Crippen molar-refractivity contribution in [1.29, 1.82) is 0 Å². The molecule has 10 heteroatoms. The Morgan fingerprint density at radius 2 is 1.22 bits per heavy atom. The predicted molar refractivity (Wildman–Crippen MR) is 95.6 cm³/mol. The van der Waals surface area contributed by atoms with Gasteiger partial charge in [-0.15, -0.1) is 0 Å². The molecule has 1 aliphatic rings. The quantitative estimate of drug-likeness (QED) is 0.566. The number of aromatic carboxylic acids is 1. The van der Waals surface area contributed by atoms with E-state index in [4.69, 9.17) is 5.11 Å². The third kappa shape index (κ3) is 5.77. The fourth-order valence-corrected chi connectivity index (χ4v) is 2.79. The van der Waals surface area contributed by atoms with Crippen LogP contribution in [0.1, 0.15) is 33.6 Å². The molecule has 0 bridgehead atoms. The van der Waals surface area contributed by atoms with E-state index in [9.17, 15) is 27.2 Å². The third-order valence-corrected chi connectivity index (χ3v) is 4.28. The molecule has 0 radical (unpaired) electrons. The Bertz CT molecular complexity index is 858. The number of amides is 1. The van der Waals surface area contributed by atoms with Gasteiger partial charge in [0.2, 0.25) is 0 Å². The number of carbonyl (C=O) groups excluding carboxylic acids is 1. The van der Waals surface area contributed by atoms with Gasteiger partial charge in [0.25, 0.3) is 5.91 Å². The van der Waals surface area contributed by atoms with Gasteiger partial charge in [-0.25, -0.2) is 22.4 Å². The molecule has 0 unspecified atom stereocenters. The Hall–Kier alpha value is -1.94. The van der Waals surface area contributed by atoms with Crippen molar-refractivity contribution in [3.8, 4) is 0 Å². The SMILES string of the molecule is O=C(NC1CC1)c1c(F)cc(Br)cc1F.O=C(O)c1c(F)cc(Br)cc1F. The molecule has 27 heavy (non-hydrogen) atoms. The zero-order valence-corrected chi connectivity index (χ0v) is 16.5. The highest BCUT2D eigenvalue weighted by molar-refractivity contribution is 9.10. The van der Waals surface area contributed by atoms with Crippen LogP contribution in [-0.4, -0.2) is 23.0 Å². The molecular formula is C17H11Br2F4NO3. The summed E-state index contributed by atoms with van der Waals surface area (Å²) in [5.74, 6) is -6.17. The summed E-state index contributed by atoms with van der Waals surface area (Å²) in [6.07, 6.45) is 1.76. The van der Waals surface area contributed by atoms with Gasteiger partial charge in [0.15, 0.2) is 0 Å². The van der Waals surface area contributed by atoms with Crippen LogP contribution >= 0.6 is 31.9 Å². The van der Waals surface area contributed by atoms with Gasteiger partial charge in [0.1, 0.15) is 34.4 Å². The highest BCUT2D eigenvalue weighted by Crippen LogP contribution is 2.23. The van der Waals surface area contributed by atoms with E-state index in [2.05, 4.69) is 37.2 Å². The summed E-state index contributed by atoms with van der Waals surface area (Å²) >= 11 is 5.77. The standard InChI is InChI=1S/C10H8BrF2NO.C7H3BrF2O2/c11-5-3-7(12)9(8(13)4-5)10(15)14-6-1-2-6;8-3-1-4(9)6(7(11)12)5(10)2-3/h3-4,6H,1-2H2,(H,14,15);1-2H,(H,11,12). The van der Waals surface area contributed by atoms with E-state index >= 15 is 0 Å². The van der Waals surface area contributed by atoms with Crippen molar-refractivity contribution in [2.75, 3.05) is 0 Å². The second-order valence-corrected chi connectivity index (χ2v) is 7.37. The number of nitrogens with one attached hydrogen (secondary N) is 1. The number of benzene rings is 2. The maximum absolute atomic E-state index is 13.3. The third-order valence-electron chi connectivity index (χ3n) is 3.37. The van der Waals surface area contributed by atoms with Gasteiger partial charge in [0, 0.05) is 15.0 Å². The normalized spacial score (nSPS) is 12.8. The van der Waals surface area contributed by atoms with Crippen LogP contribution in [0.5, 0.6) is 0 Å². The first-order valence-corrected chi connectivity index (χ1v) is 9.02. The van der Waals surface area contributed by atoms with Gasteiger partial charge in [-0.05, 0) is 37.1 Å². The minimum atomic E-state index is -1.61. The second kappa shape index (κ2) is 8.83. The first kappa shape index (κ1) is 21.4. The van der Waals surface area contributed by atoms with E-state index in [1.807, 2.05) is 0 Å². The molecule has 0 saturated heterocycles. The first-order valence-electron chi connectivity index (χ1n) is 7.43. The lowest BCUT2D eigenvalue weighted by molar-refractivity contribution is 0.0686. The average molecular weight is 513 g/mol. The summed E-state index contributed by atoms with van der Waals surface area (Å²) < 4.78 is 52.5. The van der Waals surface area contributed by atoms with Crippen molar-refractivity contribution >= 4 is 43.7 Å². The molecular weight excluding hydrogens is 502 g/mol. The fourth-order valence-electron chi connectivity index (χ4n) is 1.99. The highest BCUT2D eigenvalue weighted by atomic mass is 79.9. The lowest BCUT2D eigenvalue weighted by Gasteiger charge is -2.06. The number of rotatable bonds is 3. The summed E-state index contributed by atoms with van der Waals surface area (Å²) in [4.78, 5) is 21.7. The van der Waals surface area contributed by atoms with E-state index in [0.29, 0.717) is 0 Å². The number of carbonyl (C=O) groups is 2. The average Bonchev–Trinajstić information content (AvgIpc) is 3.28. The van der Waals surface area contributed by atoms with Gasteiger partial charge in [0.05, 0.1) is 0 Å². The topological polar surface area (TPSA) is 66.4 Å². The van der Waals surface area contributed by atoms with Crippen LogP contribution in [-0.2, 0) is 0 Å². The summed E-state index contributed by atoms with van der Waals surface area (Å²) in [6, 6.07) is 4.02. The zero-order chi connectivity index (χ0) is 20.3. The Balaban J connectivity index is 0.000000199. The molecule has 0 spiro atoms. The number of halogens is 6. The van der Waals surface area contributed by atoms with E-state index in [0.717, 1.165) is 37.1 Å². The van der Waals surface area contributed by atoms with Crippen molar-refractivity contribution in [3.05, 3.63) is 67.6 Å². The Morgan fingerprint density at radius 1 is 0.852 bits per heavy atom. The van der Waals surface area contributed by atoms with Crippen molar-refractivity contribution in [2.24, 2.45) is 0 Å². The molecule has 0 aromatic heterocycles. The van der Waals surface area contributed by atoms with Crippen LogP contribution in [0.2, 0.25) is 0 Å². The van der Waals surface area contributed by atoms with Crippen molar-refractivity contribution in [3.63, 3.8) is 0 Å². The van der Waals surface area contributed by atoms with Gasteiger partial charge < -0.3 is 10.4 Å². The molecule has 0 heterocycles. The molecule has 3 rings (SSSR count). The maximum atomic E-state index is 13.3. The van der Waals surface area contributed by atoms with Crippen LogP contribution < -0.4 is 5.32 Å². The van der Waals surface area contributed by atoms with Crippen LogP contribution in [0.25, 0.3) is 0 Å². The molecule has 4 nitrogen and oxygen atoms in total. The van der Waals surface area contributed by atoms with E-state index in [1.54, 1.807) is 0 Å². The predicted octanol–water partition coefficient (Wildman–Crippen LogP) is 5.05. The van der Waals surface area contributed by atoms with Crippen LogP contribution in [0.3, 0.4) is 0 Å². The van der Waals surface area contributed by atoms with E-state index in [-0.39, 0.29) is 15.0 Å². The summed E-state index contributed by atoms with van der Waals surface area (Å²) in [5, 5.41) is 10.9. The zero-order valence-electron chi connectivity index (χ0n) is 13.3. The Morgan fingerprint density at radius 3 is 1.56 bits per heavy atom. The second-order valence-electron chi connectivity index (χ2n) is 5.54. The Labute approximate surface area is 167 Å². The van der Waals surface area contributed by atoms with Gasteiger partial charge in [-0.3, -0.25) is 4.79 Å². The fraction of sp³-hybridized carbons (Fsp3) is 0.176. The van der Waals surface area contributed by atoms with Crippen molar-refractivity contribution in [1.82, 2.24) is 5.32 Å². The monoisotopic (exact) mass is 511 g/mol. The molecule has 1 aliphatic carbocycles. The van der Waals surface area contributed by atoms with E-state index in [1.165, 1.54) is 0 Å². The lowest BCUT2D eigenvalue weighted by atomic mass is 10.2. The van der Waals surface area contributed by atoms with Gasteiger partial charge in [-0.2, -0.15) is 0 Å². The highest BCUT2D eigenvalue weighted by Gasteiger charge is 2.27. The van der Waals surface area contributed by atoms with Crippen LogP contribution in [0, 0.1) is 23.3 Å². The molecule has 2 aromatic carbocycles. The number of hydrogen-bond acceptors (Lipinski definition) is 2. The van der Waals surface area contributed by atoms with Crippen molar-refractivity contribution < 1.29 is 32.3 Å². The van der Waals surface area contributed by atoms with Gasteiger partial charge in [-0.1, -0.05) is 31.9 Å². The molecule has 1 amide bonds. The minimum Gasteiger partial charge on any atom is -0.477 e. The van der Waals surface area contributed by atoms with Crippen LogP contribution in [0.4, 0.5) is 17.6 Å². The van der Waals surface area contributed by atoms with Gasteiger partial charge >= 0.3 is 5.97 Å². The van der Waals surface area contributed by atoms with Crippen LogP contribution in [0.15, 0.2) is 33.2 Å². The minimum absolute atomic E-state index is 0.0833. The largest absolute Gasteiger partial charge is 0.477 e. The summed E-state index contributed by atoms with van der Waals surface area (Å²) in [5.41, 5.74) is -1.44. The molecule has 1 fully saturated rings. The Kier molecular flexibility index (Phi) is 6.99. The number of carboxylic acids is 1.